The first kappa shape index (κ1) is 58.3. The molecule has 4 saturated carbocycles. The zero-order valence-electron chi connectivity index (χ0n) is 45.8. The van der Waals surface area contributed by atoms with Crippen LogP contribution in [0, 0.1) is 50.7 Å². The van der Waals surface area contributed by atoms with Crippen molar-refractivity contribution in [3.63, 3.8) is 0 Å². The van der Waals surface area contributed by atoms with Gasteiger partial charge in [-0.2, -0.15) is 0 Å². The number of aliphatic carboxylic acids is 1. The van der Waals surface area contributed by atoms with E-state index in [1.807, 2.05) is 13.8 Å². The summed E-state index contributed by atoms with van der Waals surface area (Å²) < 4.78 is 48.5. The first-order valence-electron chi connectivity index (χ1n) is 27.2. The van der Waals surface area contributed by atoms with E-state index in [-0.39, 0.29) is 46.7 Å². The molecule has 0 radical (unpaired) electrons. The van der Waals surface area contributed by atoms with Crippen molar-refractivity contribution < 1.29 is 93.1 Å². The molecule has 7 fully saturated rings. The number of ether oxygens (including phenoxy) is 8. The van der Waals surface area contributed by atoms with E-state index in [2.05, 4.69) is 40.7 Å². The summed E-state index contributed by atoms with van der Waals surface area (Å²) in [4.78, 5) is 38.5. The fraction of sp³-hybridized carbons (Fsp3) is 0.839. The molecule has 0 amide bonds. The van der Waals surface area contributed by atoms with Crippen LogP contribution in [-0.2, 0) is 52.3 Å². The second-order valence-corrected chi connectivity index (χ2v) is 25.3. The van der Waals surface area contributed by atoms with E-state index in [4.69, 9.17) is 37.9 Å². The third kappa shape index (κ3) is 9.91. The number of rotatable bonds is 12. The summed E-state index contributed by atoms with van der Waals surface area (Å²) in [6.07, 6.45) is -10.6. The van der Waals surface area contributed by atoms with E-state index in [1.165, 1.54) is 5.57 Å². The Labute approximate surface area is 440 Å². The van der Waals surface area contributed by atoms with Crippen LogP contribution in [0.3, 0.4) is 0 Å². The normalized spacial score (nSPS) is 48.5. The van der Waals surface area contributed by atoms with Crippen molar-refractivity contribution in [2.75, 3.05) is 6.61 Å². The molecule has 0 bridgehead atoms. The summed E-state index contributed by atoms with van der Waals surface area (Å²) >= 11 is 0. The summed E-state index contributed by atoms with van der Waals surface area (Å²) in [6, 6.07) is 0. The van der Waals surface area contributed by atoms with Gasteiger partial charge in [0.25, 0.3) is 0 Å². The van der Waals surface area contributed by atoms with Crippen LogP contribution in [-0.4, -0.2) is 170 Å². The van der Waals surface area contributed by atoms with Gasteiger partial charge in [-0.25, -0.2) is 14.4 Å². The third-order valence-corrected chi connectivity index (χ3v) is 20.4. The van der Waals surface area contributed by atoms with Gasteiger partial charge >= 0.3 is 17.9 Å². The highest BCUT2D eigenvalue weighted by Gasteiger charge is 2.70. The Morgan fingerprint density at radius 2 is 1.36 bits per heavy atom. The molecule has 0 aromatic heterocycles. The number of carboxylic acids is 1. The topological polar surface area (TPSA) is 287 Å². The number of fused-ring (bicyclic) bond motifs is 7. The Bertz CT molecular complexity index is 2230. The van der Waals surface area contributed by atoms with E-state index in [1.54, 1.807) is 46.8 Å². The van der Waals surface area contributed by atoms with Crippen LogP contribution in [0.5, 0.6) is 0 Å². The van der Waals surface area contributed by atoms with Gasteiger partial charge in [-0.15, -0.1) is 0 Å². The maximum absolute atomic E-state index is 13.2. The fourth-order valence-corrected chi connectivity index (χ4v) is 15.8. The molecule has 0 aromatic rings. The lowest BCUT2D eigenvalue weighted by molar-refractivity contribution is -0.331. The van der Waals surface area contributed by atoms with E-state index in [0.717, 1.165) is 25.7 Å². The molecule has 5 aliphatic carbocycles. The summed E-state index contributed by atoms with van der Waals surface area (Å²) in [5.41, 5.74) is -0.164. The van der Waals surface area contributed by atoms with Crippen LogP contribution in [0.4, 0.5) is 0 Å². The van der Waals surface area contributed by atoms with Gasteiger partial charge in [0.15, 0.2) is 37.2 Å². The molecule has 8 N–H and O–H groups in total. The molecule has 0 aromatic carbocycles. The maximum atomic E-state index is 13.2. The lowest BCUT2D eigenvalue weighted by atomic mass is 9.34. The monoisotopic (exact) mass is 1060 g/mol. The number of carbonyl (C=O) groups is 3. The quantitative estimate of drug-likeness (QED) is 0.0594. The fourth-order valence-electron chi connectivity index (χ4n) is 15.8. The number of allylic oxidation sites excluding steroid dienone is 4. The molecule has 8 aliphatic rings. The van der Waals surface area contributed by atoms with Crippen molar-refractivity contribution >= 4 is 17.9 Å². The van der Waals surface area contributed by atoms with Crippen LogP contribution in [0.15, 0.2) is 34.9 Å². The van der Waals surface area contributed by atoms with Crippen LogP contribution in [0.2, 0.25) is 0 Å². The lowest BCUT2D eigenvalue weighted by Crippen LogP contribution is -2.68. The predicted octanol–water partition coefficient (Wildman–Crippen LogP) is 3.99. The molecule has 3 aliphatic heterocycles. The molecular formula is C56H86O19. The van der Waals surface area contributed by atoms with Crippen molar-refractivity contribution in [3.05, 3.63) is 34.9 Å². The van der Waals surface area contributed by atoms with Crippen LogP contribution in [0.1, 0.15) is 134 Å². The Morgan fingerprint density at radius 3 is 1.96 bits per heavy atom. The lowest BCUT2D eigenvalue weighted by Gasteiger charge is -2.71. The molecular weight excluding hydrogens is 977 g/mol. The number of aliphatic hydroxyl groups is 7. The van der Waals surface area contributed by atoms with Gasteiger partial charge in [-0.1, -0.05) is 72.3 Å². The first-order chi connectivity index (χ1) is 35.0. The SMILES string of the molecule is C/C=C(/C)C(=O)OC1C(O)[C@H](O[C@H]2[C@H](O)C3C(CC2(C)C)C2=CCC4[C@@]5(C)CC[C@H](O[C@H]6CC(O[C@@H]7O[C@@H](CO)C(O)C7O)[C@H](O)C(C(=O)O)O6)C(C)(C)C5CC[C@@]4(C)[C@]2(C)C[C@H]3O)OC(C)[C@@H]1OC(=O)/C(C)=C\C. The van der Waals surface area contributed by atoms with E-state index in [9.17, 15) is 55.2 Å². The van der Waals surface area contributed by atoms with Crippen LogP contribution >= 0.6 is 0 Å². The minimum absolute atomic E-state index is 0.0818. The molecule has 424 valence electrons. The zero-order chi connectivity index (χ0) is 55.2. The summed E-state index contributed by atoms with van der Waals surface area (Å²) in [7, 11) is 0. The van der Waals surface area contributed by atoms with Gasteiger partial charge in [0.05, 0.1) is 43.2 Å². The number of carbonyl (C=O) groups excluding carboxylic acids is 2. The summed E-state index contributed by atoms with van der Waals surface area (Å²) in [5.74, 6) is -3.20. The average molecular weight is 1060 g/mol. The minimum atomic E-state index is -1.71. The molecule has 11 unspecified atom stereocenters. The highest BCUT2D eigenvalue weighted by atomic mass is 16.7. The number of esters is 2. The number of hydrogen-bond donors (Lipinski definition) is 8. The molecule has 24 atom stereocenters. The molecule has 19 nitrogen and oxygen atoms in total. The highest BCUT2D eigenvalue weighted by molar-refractivity contribution is 5.88. The van der Waals surface area contributed by atoms with Crippen molar-refractivity contribution in [1.29, 1.82) is 0 Å². The predicted molar refractivity (Wildman–Crippen MR) is 267 cm³/mol. The number of hydrogen-bond acceptors (Lipinski definition) is 18. The molecule has 8 rings (SSSR count). The molecule has 3 heterocycles. The summed E-state index contributed by atoms with van der Waals surface area (Å²) in [5, 5.41) is 88.6. The Morgan fingerprint density at radius 1 is 0.733 bits per heavy atom. The molecule has 19 heteroatoms. The van der Waals surface area contributed by atoms with Crippen LogP contribution < -0.4 is 0 Å². The molecule has 0 spiro atoms. The van der Waals surface area contributed by atoms with Gasteiger partial charge in [-0.3, -0.25) is 0 Å². The minimum Gasteiger partial charge on any atom is -0.479 e. The Balaban J connectivity index is 0.992. The average Bonchev–Trinajstić information content (AvgIpc) is 3.61. The third-order valence-electron chi connectivity index (χ3n) is 20.4. The van der Waals surface area contributed by atoms with Gasteiger partial charge in [0.1, 0.15) is 30.5 Å². The smallest absolute Gasteiger partial charge is 0.335 e. The Hall–Kier alpha value is -2.89. The van der Waals surface area contributed by atoms with E-state index in [0.29, 0.717) is 24.8 Å². The number of carboxylic acid groups (broad SMARTS) is 1. The second-order valence-electron chi connectivity index (χ2n) is 25.3. The van der Waals surface area contributed by atoms with Gasteiger partial charge in [-0.05, 0) is 124 Å². The maximum Gasteiger partial charge on any atom is 0.335 e. The van der Waals surface area contributed by atoms with Crippen molar-refractivity contribution in [1.82, 2.24) is 0 Å². The van der Waals surface area contributed by atoms with E-state index >= 15 is 0 Å². The zero-order valence-corrected chi connectivity index (χ0v) is 45.8. The van der Waals surface area contributed by atoms with Gasteiger partial charge in [0.2, 0.25) is 0 Å². The number of aliphatic hydroxyl groups excluding tert-OH is 7. The van der Waals surface area contributed by atoms with Gasteiger partial charge < -0.3 is 78.7 Å². The summed E-state index contributed by atoms with van der Waals surface area (Å²) in [6.45, 7) is 23.1. The van der Waals surface area contributed by atoms with Crippen LogP contribution in [0.25, 0.3) is 0 Å². The molecule has 75 heavy (non-hydrogen) atoms. The van der Waals surface area contributed by atoms with Gasteiger partial charge in [0, 0.05) is 23.5 Å². The standard InChI is InChI=1S/C56H86O19/c1-13-25(3)48(66)73-43-27(5)68-51(42(63)44(43)74-49(67)26(4)14-2)75-46-40(61)37-28(22-52(46,6)7)29-15-16-34-54(10)19-18-35(53(8,9)33(54)17-20-55(34,11)56(29,12)23-30(37)58)71-36-21-31(39(60)45(72-36)47(64)65)69-50-41(62)38(59)32(24-57)70-50/h13-15,27-28,30-46,50-51,57-63H,16-24H2,1-12H3,(H,64,65)/b25-13-,26-14-/t27?,28?,30-,31?,32+,33?,34?,35+,36-,37?,38?,39+,40-,41?,42?,43+,44?,45?,46+,50-,51+,54+,55-,56-/m1/s1. The Kier molecular flexibility index (Phi) is 16.5. The van der Waals surface area contributed by atoms with Crippen molar-refractivity contribution in [2.45, 2.75) is 239 Å². The molecule has 3 saturated heterocycles. The van der Waals surface area contributed by atoms with E-state index < -0.39 is 145 Å². The largest absolute Gasteiger partial charge is 0.479 e. The van der Waals surface area contributed by atoms with Crippen molar-refractivity contribution in [2.24, 2.45) is 50.7 Å². The highest BCUT2D eigenvalue weighted by Crippen LogP contribution is 2.75. The first-order valence-corrected chi connectivity index (χ1v) is 27.2. The second kappa shape index (κ2) is 21.3. The van der Waals surface area contributed by atoms with Crippen molar-refractivity contribution in [3.8, 4) is 0 Å².